The number of benzene rings is 2. The molecule has 1 radical (unpaired) electrons. The first-order chi connectivity index (χ1) is 10.6. The molecule has 0 saturated carbocycles. The lowest BCUT2D eigenvalue weighted by atomic mass is 10.3. The molecule has 0 heterocycles. The van der Waals surface area contributed by atoms with Crippen LogP contribution in [0, 0.1) is 11.5 Å². The molecule has 0 aliphatic rings. The van der Waals surface area contributed by atoms with E-state index in [2.05, 4.69) is 91.8 Å². The Kier molecular flexibility index (Phi) is 6.24. The van der Waals surface area contributed by atoms with Crippen LogP contribution >= 0.6 is 0 Å². The topological polar surface area (TPSA) is 0 Å². The average molecular weight is 322 g/mol. The molecule has 0 aromatic heterocycles. The van der Waals surface area contributed by atoms with Crippen LogP contribution in [0.15, 0.2) is 60.7 Å². The Morgan fingerprint density at radius 3 is 1.77 bits per heavy atom. The minimum atomic E-state index is -1.22. The molecule has 0 bridgehead atoms. The van der Waals surface area contributed by atoms with Crippen LogP contribution in [-0.2, 0) is 0 Å². The fourth-order valence-electron chi connectivity index (χ4n) is 2.42. The van der Waals surface area contributed by atoms with Crippen molar-refractivity contribution in [1.82, 2.24) is 0 Å². The lowest BCUT2D eigenvalue weighted by Crippen LogP contribution is -2.41. The van der Waals surface area contributed by atoms with Crippen molar-refractivity contribution < 1.29 is 0 Å². The number of rotatable bonds is 5. The normalized spacial score (nSPS) is 11.1. The molecule has 22 heavy (non-hydrogen) atoms. The molecular weight excluding hydrogens is 296 g/mol. The second-order valence-electron chi connectivity index (χ2n) is 6.62. The minimum absolute atomic E-state index is 0.672. The summed E-state index contributed by atoms with van der Waals surface area (Å²) < 4.78 is 0. The van der Waals surface area contributed by atoms with Crippen LogP contribution in [-0.4, -0.2) is 16.9 Å². The number of unbranched alkanes of at least 4 members (excludes halogenated alkanes) is 1. The van der Waals surface area contributed by atoms with Crippen LogP contribution in [0.25, 0.3) is 0 Å². The summed E-state index contributed by atoms with van der Waals surface area (Å²) in [5.41, 5.74) is 3.48. The van der Waals surface area contributed by atoms with Crippen LogP contribution in [0.5, 0.6) is 0 Å². The Balaban J connectivity index is 2.05. The van der Waals surface area contributed by atoms with Gasteiger partial charge in [-0.05, 0) is 12.5 Å². The van der Waals surface area contributed by atoms with E-state index < -0.39 is 16.9 Å². The van der Waals surface area contributed by atoms with Crippen molar-refractivity contribution >= 4 is 27.2 Å². The van der Waals surface area contributed by atoms with Gasteiger partial charge in [0.05, 0.1) is 0 Å². The molecule has 0 saturated heterocycles. The highest BCUT2D eigenvalue weighted by Crippen LogP contribution is 2.04. The zero-order chi connectivity index (χ0) is 15.8. The van der Waals surface area contributed by atoms with Gasteiger partial charge in [0.1, 0.15) is 16.9 Å². The molecule has 0 aliphatic heterocycles. The van der Waals surface area contributed by atoms with Crippen LogP contribution in [0.4, 0.5) is 0 Å². The first kappa shape index (κ1) is 16.8. The van der Waals surface area contributed by atoms with Gasteiger partial charge in [-0.1, -0.05) is 90.7 Å². The SMILES string of the molecule is C[Si](C)(C)C#CCCC[Si](c1ccccc1)c1ccccc1. The van der Waals surface area contributed by atoms with Crippen LogP contribution in [0.1, 0.15) is 12.8 Å². The molecule has 0 atom stereocenters. The monoisotopic (exact) mass is 321 g/mol. The maximum atomic E-state index is 3.48. The van der Waals surface area contributed by atoms with Crippen LogP contribution in [0.3, 0.4) is 0 Å². The van der Waals surface area contributed by atoms with Crippen LogP contribution in [0.2, 0.25) is 25.7 Å². The predicted octanol–water partition coefficient (Wildman–Crippen LogP) is 3.96. The van der Waals surface area contributed by atoms with E-state index in [-0.39, 0.29) is 0 Å². The van der Waals surface area contributed by atoms with Crippen molar-refractivity contribution in [1.29, 1.82) is 0 Å². The summed E-state index contributed by atoms with van der Waals surface area (Å²) in [5, 5.41) is 3.02. The van der Waals surface area contributed by atoms with Gasteiger partial charge in [-0.2, -0.15) is 0 Å². The lowest BCUT2D eigenvalue weighted by molar-refractivity contribution is 0.971. The fraction of sp³-hybridized carbons (Fsp3) is 0.300. The highest BCUT2D eigenvalue weighted by molar-refractivity contribution is 6.85. The molecule has 0 unspecified atom stereocenters. The molecule has 2 aromatic rings. The maximum Gasteiger partial charge on any atom is 0.129 e. The molecular formula is C20H25Si2. The third-order valence-corrected chi connectivity index (χ3v) is 7.28. The molecule has 2 rings (SSSR count). The minimum Gasteiger partial charge on any atom is -0.132 e. The van der Waals surface area contributed by atoms with E-state index in [0.29, 0.717) is 0 Å². The second-order valence-corrected chi connectivity index (χ2v) is 14.0. The van der Waals surface area contributed by atoms with E-state index in [1.165, 1.54) is 22.8 Å². The molecule has 0 N–H and O–H groups in total. The van der Waals surface area contributed by atoms with Gasteiger partial charge in [0.2, 0.25) is 0 Å². The van der Waals surface area contributed by atoms with Crippen molar-refractivity contribution in [3.8, 4) is 11.5 Å². The summed E-state index contributed by atoms with van der Waals surface area (Å²) in [6, 6.07) is 23.3. The summed E-state index contributed by atoms with van der Waals surface area (Å²) in [4.78, 5) is 0. The first-order valence-electron chi connectivity index (χ1n) is 8.03. The zero-order valence-corrected chi connectivity index (χ0v) is 15.9. The van der Waals surface area contributed by atoms with Gasteiger partial charge < -0.3 is 0 Å². The Bertz CT molecular complexity index is 576. The number of hydrogen-bond donors (Lipinski definition) is 0. The lowest BCUT2D eigenvalue weighted by Gasteiger charge is -2.15. The summed E-state index contributed by atoms with van der Waals surface area (Å²) in [6.07, 6.45) is 2.24. The Labute approximate surface area is 138 Å². The van der Waals surface area contributed by atoms with Crippen molar-refractivity contribution in [3.63, 3.8) is 0 Å². The standard InChI is InChI=1S/C20H25Si2/c1-22(2,3)18-12-6-11-17-21(19-13-7-4-8-14-19)20-15-9-5-10-16-20/h4-5,7-10,13-16H,6,11,17H2,1-3H3. The largest absolute Gasteiger partial charge is 0.132 e. The van der Waals surface area contributed by atoms with E-state index >= 15 is 0 Å². The van der Waals surface area contributed by atoms with Crippen molar-refractivity contribution in [3.05, 3.63) is 60.7 Å². The maximum absolute atomic E-state index is 3.48. The van der Waals surface area contributed by atoms with E-state index in [9.17, 15) is 0 Å². The molecule has 0 fully saturated rings. The average Bonchev–Trinajstić information content (AvgIpc) is 2.51. The Hall–Kier alpha value is -1.57. The molecule has 0 amide bonds. The Morgan fingerprint density at radius 2 is 1.32 bits per heavy atom. The summed E-state index contributed by atoms with van der Waals surface area (Å²) in [5.74, 6) is 3.41. The zero-order valence-electron chi connectivity index (χ0n) is 13.9. The third kappa shape index (κ3) is 5.67. The smallest absolute Gasteiger partial charge is 0.129 e. The highest BCUT2D eigenvalue weighted by Gasteiger charge is 2.15. The van der Waals surface area contributed by atoms with Gasteiger partial charge in [0, 0.05) is 6.42 Å². The van der Waals surface area contributed by atoms with Gasteiger partial charge in [-0.15, -0.1) is 11.5 Å². The van der Waals surface area contributed by atoms with E-state index in [1.54, 1.807) is 0 Å². The first-order valence-corrected chi connectivity index (χ1v) is 13.2. The Morgan fingerprint density at radius 1 is 0.818 bits per heavy atom. The van der Waals surface area contributed by atoms with Gasteiger partial charge >= 0.3 is 0 Å². The quantitative estimate of drug-likeness (QED) is 0.444. The summed E-state index contributed by atoms with van der Waals surface area (Å²) >= 11 is 0. The van der Waals surface area contributed by atoms with Gasteiger partial charge in [0.15, 0.2) is 0 Å². The molecule has 2 heteroatoms. The van der Waals surface area contributed by atoms with E-state index in [1.807, 2.05) is 0 Å². The van der Waals surface area contributed by atoms with Gasteiger partial charge in [-0.25, -0.2) is 0 Å². The highest BCUT2D eigenvalue weighted by atomic mass is 28.3. The molecule has 2 aromatic carbocycles. The van der Waals surface area contributed by atoms with E-state index in [4.69, 9.17) is 0 Å². The van der Waals surface area contributed by atoms with Crippen molar-refractivity contribution in [2.24, 2.45) is 0 Å². The van der Waals surface area contributed by atoms with Crippen molar-refractivity contribution in [2.45, 2.75) is 38.5 Å². The molecule has 0 nitrogen and oxygen atoms in total. The van der Waals surface area contributed by atoms with Crippen LogP contribution < -0.4 is 10.4 Å². The predicted molar refractivity (Wildman–Crippen MR) is 103 cm³/mol. The summed E-state index contributed by atoms with van der Waals surface area (Å²) in [6.45, 7) is 6.93. The van der Waals surface area contributed by atoms with E-state index in [0.717, 1.165) is 6.42 Å². The third-order valence-electron chi connectivity index (χ3n) is 3.44. The van der Waals surface area contributed by atoms with Gasteiger partial charge in [-0.3, -0.25) is 0 Å². The molecule has 0 aliphatic carbocycles. The van der Waals surface area contributed by atoms with Gasteiger partial charge in [0.25, 0.3) is 0 Å². The second kappa shape index (κ2) is 8.17. The van der Waals surface area contributed by atoms with Crippen molar-refractivity contribution in [2.75, 3.05) is 0 Å². The molecule has 113 valence electrons. The fourth-order valence-corrected chi connectivity index (χ4v) is 5.70. The number of hydrogen-bond acceptors (Lipinski definition) is 0. The summed E-state index contributed by atoms with van der Waals surface area (Å²) in [7, 11) is -1.89. The molecule has 0 spiro atoms.